The molecule has 0 saturated carbocycles. The van der Waals surface area contributed by atoms with Gasteiger partial charge in [-0.05, 0) is 29.3 Å². The number of hydrogen-bond acceptors (Lipinski definition) is 4. The second-order valence-corrected chi connectivity index (χ2v) is 4.55. The van der Waals surface area contributed by atoms with Gasteiger partial charge in [-0.1, -0.05) is 42.5 Å². The van der Waals surface area contributed by atoms with E-state index in [0.29, 0.717) is 6.61 Å². The monoisotopic (exact) mass is 298 g/mol. The molecule has 0 fully saturated rings. The fourth-order valence-electron chi connectivity index (χ4n) is 1.89. The van der Waals surface area contributed by atoms with Crippen molar-refractivity contribution in [1.82, 2.24) is 0 Å². The van der Waals surface area contributed by atoms with Gasteiger partial charge in [-0.2, -0.15) is 0 Å². The summed E-state index contributed by atoms with van der Waals surface area (Å²) in [6, 6.07) is 17.3. The second kappa shape index (κ2) is 7.88. The van der Waals surface area contributed by atoms with Crippen molar-refractivity contribution >= 4 is 12.0 Å². The summed E-state index contributed by atoms with van der Waals surface area (Å²) < 4.78 is 15.4. The molecule has 0 bridgehead atoms. The molecule has 114 valence electrons. The van der Waals surface area contributed by atoms with Crippen molar-refractivity contribution in [3.63, 3.8) is 0 Å². The van der Waals surface area contributed by atoms with Gasteiger partial charge in [-0.15, -0.1) is 0 Å². The van der Waals surface area contributed by atoms with Crippen LogP contribution in [0.3, 0.4) is 0 Å². The van der Waals surface area contributed by atoms with E-state index in [-0.39, 0.29) is 5.76 Å². The number of ether oxygens (including phenoxy) is 3. The minimum absolute atomic E-state index is 0.141. The van der Waals surface area contributed by atoms with Gasteiger partial charge in [0.2, 0.25) is 5.76 Å². The van der Waals surface area contributed by atoms with Crippen LogP contribution in [0.25, 0.3) is 6.08 Å². The predicted octanol–water partition coefficient (Wildman–Crippen LogP) is 3.43. The number of benzene rings is 2. The van der Waals surface area contributed by atoms with E-state index in [0.717, 1.165) is 16.9 Å². The van der Waals surface area contributed by atoms with Crippen LogP contribution in [0.15, 0.2) is 60.4 Å². The molecular weight excluding hydrogens is 280 g/mol. The molecule has 0 heterocycles. The Kier molecular flexibility index (Phi) is 5.60. The molecule has 4 heteroatoms. The lowest BCUT2D eigenvalue weighted by atomic mass is 10.2. The van der Waals surface area contributed by atoms with E-state index in [4.69, 9.17) is 9.47 Å². The van der Waals surface area contributed by atoms with Gasteiger partial charge in [0.05, 0.1) is 14.2 Å². The van der Waals surface area contributed by atoms with Crippen molar-refractivity contribution in [3.8, 4) is 5.75 Å². The molecule has 22 heavy (non-hydrogen) atoms. The van der Waals surface area contributed by atoms with Gasteiger partial charge in [-0.25, -0.2) is 4.79 Å². The van der Waals surface area contributed by atoms with Crippen LogP contribution in [0.4, 0.5) is 0 Å². The van der Waals surface area contributed by atoms with Crippen molar-refractivity contribution in [2.75, 3.05) is 14.2 Å². The predicted molar refractivity (Wildman–Crippen MR) is 84.2 cm³/mol. The van der Waals surface area contributed by atoms with E-state index < -0.39 is 5.97 Å². The first kappa shape index (κ1) is 15.6. The van der Waals surface area contributed by atoms with Gasteiger partial charge in [0.15, 0.2) is 0 Å². The molecule has 0 amide bonds. The SMILES string of the molecule is COC(=O)C(=Cc1cccc(OCc2ccccc2)c1)OC. The number of esters is 1. The molecule has 0 aliphatic heterocycles. The first-order valence-electron chi connectivity index (χ1n) is 6.83. The van der Waals surface area contributed by atoms with Crippen molar-refractivity contribution in [1.29, 1.82) is 0 Å². The maximum absolute atomic E-state index is 11.5. The Morgan fingerprint density at radius 1 is 1.00 bits per heavy atom. The van der Waals surface area contributed by atoms with E-state index >= 15 is 0 Å². The maximum Gasteiger partial charge on any atom is 0.373 e. The number of carbonyl (C=O) groups is 1. The third-order valence-corrected chi connectivity index (χ3v) is 3.01. The quantitative estimate of drug-likeness (QED) is 0.465. The largest absolute Gasteiger partial charge is 0.490 e. The second-order valence-electron chi connectivity index (χ2n) is 4.55. The molecular formula is C18H18O4. The van der Waals surface area contributed by atoms with Crippen LogP contribution in [0.5, 0.6) is 5.75 Å². The van der Waals surface area contributed by atoms with E-state index in [1.54, 1.807) is 6.08 Å². The number of rotatable bonds is 6. The third kappa shape index (κ3) is 4.38. The Balaban J connectivity index is 2.09. The Labute approximate surface area is 129 Å². The van der Waals surface area contributed by atoms with Crippen LogP contribution in [0.1, 0.15) is 11.1 Å². The van der Waals surface area contributed by atoms with Gasteiger partial charge < -0.3 is 14.2 Å². The van der Waals surface area contributed by atoms with Crippen molar-refractivity contribution in [3.05, 3.63) is 71.5 Å². The van der Waals surface area contributed by atoms with Crippen LogP contribution in [-0.2, 0) is 20.9 Å². The van der Waals surface area contributed by atoms with Gasteiger partial charge in [-0.3, -0.25) is 0 Å². The maximum atomic E-state index is 11.5. The van der Waals surface area contributed by atoms with E-state index in [1.165, 1.54) is 14.2 Å². The average molecular weight is 298 g/mol. The zero-order valence-electron chi connectivity index (χ0n) is 12.6. The smallest absolute Gasteiger partial charge is 0.373 e. The first-order chi connectivity index (χ1) is 10.7. The Bertz CT molecular complexity index is 647. The first-order valence-corrected chi connectivity index (χ1v) is 6.83. The zero-order chi connectivity index (χ0) is 15.8. The Hall–Kier alpha value is -2.75. The summed E-state index contributed by atoms with van der Waals surface area (Å²) in [5, 5.41) is 0. The molecule has 0 unspecified atom stereocenters. The normalized spacial score (nSPS) is 10.9. The summed E-state index contributed by atoms with van der Waals surface area (Å²) in [6.45, 7) is 0.488. The fourth-order valence-corrected chi connectivity index (χ4v) is 1.89. The molecule has 0 radical (unpaired) electrons. The Morgan fingerprint density at radius 3 is 2.45 bits per heavy atom. The molecule has 0 aliphatic rings. The van der Waals surface area contributed by atoms with E-state index in [2.05, 4.69) is 4.74 Å². The Morgan fingerprint density at radius 2 is 1.77 bits per heavy atom. The molecule has 0 N–H and O–H groups in total. The minimum Gasteiger partial charge on any atom is -0.490 e. The number of methoxy groups -OCH3 is 2. The van der Waals surface area contributed by atoms with Crippen molar-refractivity contribution < 1.29 is 19.0 Å². The van der Waals surface area contributed by atoms with Crippen LogP contribution in [-0.4, -0.2) is 20.2 Å². The van der Waals surface area contributed by atoms with Gasteiger partial charge in [0, 0.05) is 0 Å². The van der Waals surface area contributed by atoms with Crippen LogP contribution >= 0.6 is 0 Å². The molecule has 2 aromatic carbocycles. The lowest BCUT2D eigenvalue weighted by Gasteiger charge is -2.08. The zero-order valence-corrected chi connectivity index (χ0v) is 12.6. The molecule has 0 aliphatic carbocycles. The molecule has 0 saturated heterocycles. The van der Waals surface area contributed by atoms with E-state index in [1.807, 2.05) is 54.6 Å². The minimum atomic E-state index is -0.516. The summed E-state index contributed by atoms with van der Waals surface area (Å²) >= 11 is 0. The highest BCUT2D eigenvalue weighted by atomic mass is 16.6. The summed E-state index contributed by atoms with van der Waals surface area (Å²) in [5.41, 5.74) is 1.89. The molecule has 2 aromatic rings. The van der Waals surface area contributed by atoms with Crippen molar-refractivity contribution in [2.24, 2.45) is 0 Å². The third-order valence-electron chi connectivity index (χ3n) is 3.01. The number of hydrogen-bond donors (Lipinski definition) is 0. The summed E-state index contributed by atoms with van der Waals surface area (Å²) in [7, 11) is 2.74. The highest BCUT2D eigenvalue weighted by Gasteiger charge is 2.09. The molecule has 4 nitrogen and oxygen atoms in total. The highest BCUT2D eigenvalue weighted by molar-refractivity contribution is 5.91. The molecule has 0 spiro atoms. The van der Waals surface area contributed by atoms with E-state index in [9.17, 15) is 4.79 Å². The summed E-state index contributed by atoms with van der Waals surface area (Å²) in [6.07, 6.45) is 1.61. The van der Waals surface area contributed by atoms with Gasteiger partial charge in [0.25, 0.3) is 0 Å². The fraction of sp³-hybridized carbons (Fsp3) is 0.167. The van der Waals surface area contributed by atoms with Crippen LogP contribution in [0, 0.1) is 0 Å². The van der Waals surface area contributed by atoms with Crippen molar-refractivity contribution in [2.45, 2.75) is 6.61 Å². The van der Waals surface area contributed by atoms with Gasteiger partial charge >= 0.3 is 5.97 Å². The number of carbonyl (C=O) groups excluding carboxylic acids is 1. The summed E-state index contributed by atoms with van der Waals surface area (Å²) in [5.74, 6) is 0.346. The molecule has 2 rings (SSSR count). The standard InChI is InChI=1S/C18H18O4/c1-20-17(18(19)21-2)12-15-9-6-10-16(11-15)22-13-14-7-4-3-5-8-14/h3-12H,13H2,1-2H3. The lowest BCUT2D eigenvalue weighted by molar-refractivity contribution is -0.139. The lowest BCUT2D eigenvalue weighted by Crippen LogP contribution is -2.06. The summed E-state index contributed by atoms with van der Waals surface area (Å²) in [4.78, 5) is 11.5. The van der Waals surface area contributed by atoms with Crippen LogP contribution in [0.2, 0.25) is 0 Å². The average Bonchev–Trinajstić information content (AvgIpc) is 2.58. The van der Waals surface area contributed by atoms with Crippen LogP contribution < -0.4 is 4.74 Å². The topological polar surface area (TPSA) is 44.8 Å². The molecule has 0 aromatic heterocycles. The van der Waals surface area contributed by atoms with Gasteiger partial charge in [0.1, 0.15) is 12.4 Å². The molecule has 0 atom stereocenters. The highest BCUT2D eigenvalue weighted by Crippen LogP contribution is 2.18.